The highest BCUT2D eigenvalue weighted by Gasteiger charge is 2.30. The maximum absolute atomic E-state index is 12.4. The normalized spacial score (nSPS) is 30.0. The first-order chi connectivity index (χ1) is 12.7. The number of rotatable bonds is 3. The largest absolute Gasteiger partial charge is 0.409 e. The third-order valence-corrected chi connectivity index (χ3v) is 7.14. The molecule has 2 fully saturated rings. The lowest BCUT2D eigenvalue weighted by atomic mass is 9.68. The van der Waals surface area contributed by atoms with Crippen LogP contribution in [-0.4, -0.2) is 6.18 Å². The highest BCUT2D eigenvalue weighted by atomic mass is 35.5. The van der Waals surface area contributed by atoms with Crippen LogP contribution in [0.5, 0.6) is 0 Å². The summed E-state index contributed by atoms with van der Waals surface area (Å²) in [4.78, 5) is 0. The highest BCUT2D eigenvalue weighted by molar-refractivity contribution is 6.37. The van der Waals surface area contributed by atoms with E-state index in [4.69, 9.17) is 23.2 Å². The zero-order valence-electron chi connectivity index (χ0n) is 15.7. The standard InChI is InChI=1S/C22H27Cl2F3/c1-14-2-4-15(5-3-14)16-6-8-17(9-7-16)18-12-20(23)19(21(24)13-18)10-11-22(25,26)27/h10-17H,2-9H2,1H3/b11-10+. The fourth-order valence-electron chi connectivity index (χ4n) is 4.86. The van der Waals surface area contributed by atoms with Crippen molar-refractivity contribution >= 4 is 29.3 Å². The second-order valence-corrected chi connectivity index (χ2v) is 9.22. The van der Waals surface area contributed by atoms with Crippen molar-refractivity contribution in [3.05, 3.63) is 39.4 Å². The summed E-state index contributed by atoms with van der Waals surface area (Å²) in [7, 11) is 0. The van der Waals surface area contributed by atoms with E-state index in [2.05, 4.69) is 6.92 Å². The van der Waals surface area contributed by atoms with Crippen LogP contribution in [0.2, 0.25) is 10.0 Å². The molecule has 0 N–H and O–H groups in total. The van der Waals surface area contributed by atoms with E-state index in [1.807, 2.05) is 0 Å². The van der Waals surface area contributed by atoms with Gasteiger partial charge in [-0.05, 0) is 86.0 Å². The molecule has 2 aliphatic carbocycles. The van der Waals surface area contributed by atoms with E-state index < -0.39 is 6.18 Å². The predicted octanol–water partition coefficient (Wildman–Crippen LogP) is 8.67. The number of alkyl halides is 3. The second-order valence-electron chi connectivity index (χ2n) is 8.40. The Balaban J connectivity index is 1.63. The van der Waals surface area contributed by atoms with Crippen LogP contribution in [0.25, 0.3) is 6.08 Å². The fraction of sp³-hybridized carbons (Fsp3) is 0.636. The molecule has 0 atom stereocenters. The molecule has 0 unspecified atom stereocenters. The molecule has 3 rings (SSSR count). The lowest BCUT2D eigenvalue weighted by molar-refractivity contribution is -0.0790. The number of hydrogen-bond acceptors (Lipinski definition) is 0. The Morgan fingerprint density at radius 1 is 0.852 bits per heavy atom. The smallest absolute Gasteiger partial charge is 0.167 e. The van der Waals surface area contributed by atoms with Crippen LogP contribution < -0.4 is 0 Å². The number of allylic oxidation sites excluding steroid dienone is 1. The van der Waals surface area contributed by atoms with E-state index in [0.717, 1.165) is 42.2 Å². The first-order valence-electron chi connectivity index (χ1n) is 9.98. The molecule has 0 amide bonds. The van der Waals surface area contributed by atoms with Crippen molar-refractivity contribution in [2.75, 3.05) is 0 Å². The Kier molecular flexibility index (Phi) is 6.84. The molecule has 0 saturated heterocycles. The first kappa shape index (κ1) is 21.0. The average molecular weight is 419 g/mol. The van der Waals surface area contributed by atoms with Gasteiger partial charge in [-0.3, -0.25) is 0 Å². The van der Waals surface area contributed by atoms with Gasteiger partial charge in [-0.15, -0.1) is 0 Å². The lowest BCUT2D eigenvalue weighted by Crippen LogP contribution is -2.24. The number of benzene rings is 1. The molecule has 5 heteroatoms. The van der Waals surface area contributed by atoms with Gasteiger partial charge in [-0.25, -0.2) is 0 Å². The Morgan fingerprint density at radius 3 is 1.81 bits per heavy atom. The summed E-state index contributed by atoms with van der Waals surface area (Å²) in [6.45, 7) is 2.36. The summed E-state index contributed by atoms with van der Waals surface area (Å²) in [6.07, 6.45) is 6.91. The SMILES string of the molecule is CC1CCC(C2CCC(c3cc(Cl)c(/C=C/C(F)(F)F)c(Cl)c3)CC2)CC1. The van der Waals surface area contributed by atoms with E-state index in [-0.39, 0.29) is 11.6 Å². The Labute approximate surface area is 170 Å². The Hall–Kier alpha value is -0.670. The first-order valence-corrected chi connectivity index (χ1v) is 10.7. The van der Waals surface area contributed by atoms with E-state index in [1.54, 1.807) is 12.1 Å². The molecule has 0 aliphatic heterocycles. The molecule has 0 nitrogen and oxygen atoms in total. The van der Waals surface area contributed by atoms with Gasteiger partial charge >= 0.3 is 6.18 Å². The van der Waals surface area contributed by atoms with E-state index >= 15 is 0 Å². The van der Waals surface area contributed by atoms with Gasteiger partial charge in [0.25, 0.3) is 0 Å². The average Bonchev–Trinajstić information content (AvgIpc) is 2.61. The minimum Gasteiger partial charge on any atom is -0.167 e. The summed E-state index contributed by atoms with van der Waals surface area (Å²) in [5.74, 6) is 2.99. The Morgan fingerprint density at radius 2 is 1.33 bits per heavy atom. The zero-order chi connectivity index (χ0) is 19.6. The maximum atomic E-state index is 12.4. The molecule has 2 aliphatic rings. The van der Waals surface area contributed by atoms with Gasteiger partial charge in [0.2, 0.25) is 0 Å². The van der Waals surface area contributed by atoms with Crippen LogP contribution in [0.15, 0.2) is 18.2 Å². The maximum Gasteiger partial charge on any atom is 0.409 e. The predicted molar refractivity (Wildman–Crippen MR) is 107 cm³/mol. The summed E-state index contributed by atoms with van der Waals surface area (Å²) in [5, 5.41) is 0.586. The monoisotopic (exact) mass is 418 g/mol. The van der Waals surface area contributed by atoms with Crippen molar-refractivity contribution in [3.8, 4) is 0 Å². The van der Waals surface area contributed by atoms with Gasteiger partial charge in [-0.1, -0.05) is 43.0 Å². The molecule has 150 valence electrons. The molecule has 0 heterocycles. The van der Waals surface area contributed by atoms with Gasteiger partial charge in [-0.2, -0.15) is 13.2 Å². The third-order valence-electron chi connectivity index (χ3n) is 6.51. The zero-order valence-corrected chi connectivity index (χ0v) is 17.2. The Bertz CT molecular complexity index is 642. The summed E-state index contributed by atoms with van der Waals surface area (Å²) >= 11 is 12.5. The molecule has 27 heavy (non-hydrogen) atoms. The topological polar surface area (TPSA) is 0 Å². The van der Waals surface area contributed by atoms with Crippen LogP contribution in [0, 0.1) is 17.8 Å². The second kappa shape index (κ2) is 8.78. The third kappa shape index (κ3) is 5.67. The molecule has 2 saturated carbocycles. The summed E-state index contributed by atoms with van der Waals surface area (Å²) in [5.41, 5.74) is 1.30. The van der Waals surface area contributed by atoms with Gasteiger partial charge in [0, 0.05) is 21.7 Å². The van der Waals surface area contributed by atoms with Gasteiger partial charge in [0.1, 0.15) is 0 Å². The van der Waals surface area contributed by atoms with Crippen molar-refractivity contribution in [2.24, 2.45) is 17.8 Å². The van der Waals surface area contributed by atoms with Crippen LogP contribution in [-0.2, 0) is 0 Å². The van der Waals surface area contributed by atoms with Crippen LogP contribution in [0.3, 0.4) is 0 Å². The van der Waals surface area contributed by atoms with Crippen LogP contribution in [0.1, 0.15) is 75.3 Å². The van der Waals surface area contributed by atoms with Crippen LogP contribution >= 0.6 is 23.2 Å². The minimum absolute atomic E-state index is 0.177. The molecule has 0 bridgehead atoms. The lowest BCUT2D eigenvalue weighted by Gasteiger charge is -2.37. The molecule has 0 aromatic heterocycles. The van der Waals surface area contributed by atoms with Crippen molar-refractivity contribution in [3.63, 3.8) is 0 Å². The minimum atomic E-state index is -4.37. The van der Waals surface area contributed by atoms with Gasteiger partial charge in [0.05, 0.1) is 0 Å². The quantitative estimate of drug-likeness (QED) is 0.460. The van der Waals surface area contributed by atoms with E-state index in [1.165, 1.54) is 38.5 Å². The van der Waals surface area contributed by atoms with Crippen molar-refractivity contribution in [1.29, 1.82) is 0 Å². The summed E-state index contributed by atoms with van der Waals surface area (Å²) in [6, 6.07) is 3.60. The number of halogens is 5. The van der Waals surface area contributed by atoms with E-state index in [9.17, 15) is 13.2 Å². The fourth-order valence-corrected chi connectivity index (χ4v) is 5.49. The number of hydrogen-bond donors (Lipinski definition) is 0. The highest BCUT2D eigenvalue weighted by Crippen LogP contribution is 2.45. The molecule has 0 spiro atoms. The molecule has 1 aromatic carbocycles. The van der Waals surface area contributed by atoms with E-state index in [0.29, 0.717) is 16.0 Å². The molecular formula is C22H27Cl2F3. The molecule has 1 aromatic rings. The van der Waals surface area contributed by atoms with Crippen molar-refractivity contribution in [2.45, 2.75) is 70.4 Å². The van der Waals surface area contributed by atoms with Gasteiger partial charge in [0.15, 0.2) is 0 Å². The van der Waals surface area contributed by atoms with Crippen LogP contribution in [0.4, 0.5) is 13.2 Å². The summed E-state index contributed by atoms with van der Waals surface area (Å²) < 4.78 is 37.2. The van der Waals surface area contributed by atoms with Crippen molar-refractivity contribution < 1.29 is 13.2 Å². The molecular weight excluding hydrogens is 392 g/mol. The van der Waals surface area contributed by atoms with Gasteiger partial charge < -0.3 is 0 Å². The molecule has 0 radical (unpaired) electrons. The van der Waals surface area contributed by atoms with Crippen molar-refractivity contribution in [1.82, 2.24) is 0 Å².